The Balaban J connectivity index is 1.42. The number of aryl methyl sites for hydroxylation is 1. The van der Waals surface area contributed by atoms with Crippen LogP contribution in [0.2, 0.25) is 0 Å². The van der Waals surface area contributed by atoms with Crippen LogP contribution >= 0.6 is 0 Å². The largest absolute Gasteiger partial charge is 0.494 e. The Morgan fingerprint density at radius 1 is 1.31 bits per heavy atom. The minimum Gasteiger partial charge on any atom is -0.494 e. The standard InChI is InChI=1S/C22H23N3O4/c1-3-28-19-7-5-4-6-15(19)12-23-22(27)16-10-21(26)25(13-16)17-8-9-20-18(11-17)24-14(2)29-20/h4-9,11,16H,3,10,12-13H2,1-2H3,(H,23,27)/t16-/m0/s1. The van der Waals surface area contributed by atoms with Crippen molar-refractivity contribution in [2.75, 3.05) is 18.1 Å². The lowest BCUT2D eigenvalue weighted by molar-refractivity contribution is -0.126. The van der Waals surface area contributed by atoms with Gasteiger partial charge in [0.05, 0.1) is 12.5 Å². The highest BCUT2D eigenvalue weighted by atomic mass is 16.5. The number of anilines is 1. The van der Waals surface area contributed by atoms with Gasteiger partial charge in [0.25, 0.3) is 0 Å². The fraction of sp³-hybridized carbons (Fsp3) is 0.318. The minimum absolute atomic E-state index is 0.0700. The zero-order valence-electron chi connectivity index (χ0n) is 16.5. The number of amides is 2. The molecule has 0 radical (unpaired) electrons. The van der Waals surface area contributed by atoms with E-state index in [0.29, 0.717) is 36.7 Å². The second-order valence-corrected chi connectivity index (χ2v) is 7.05. The fourth-order valence-corrected chi connectivity index (χ4v) is 3.60. The van der Waals surface area contributed by atoms with Gasteiger partial charge < -0.3 is 19.4 Å². The van der Waals surface area contributed by atoms with Crippen LogP contribution in [0.3, 0.4) is 0 Å². The monoisotopic (exact) mass is 393 g/mol. The number of nitrogens with zero attached hydrogens (tertiary/aromatic N) is 2. The Hall–Kier alpha value is -3.35. The molecule has 3 aromatic rings. The Labute approximate surface area is 168 Å². The predicted octanol–water partition coefficient (Wildman–Crippen LogP) is 3.20. The molecule has 2 amide bonds. The maximum absolute atomic E-state index is 12.7. The Morgan fingerprint density at radius 2 is 2.14 bits per heavy atom. The molecule has 1 aromatic heterocycles. The van der Waals surface area contributed by atoms with Crippen LogP contribution < -0.4 is 15.0 Å². The lowest BCUT2D eigenvalue weighted by atomic mass is 10.1. The second-order valence-electron chi connectivity index (χ2n) is 7.05. The van der Waals surface area contributed by atoms with Crippen molar-refractivity contribution in [1.82, 2.24) is 10.3 Å². The smallest absolute Gasteiger partial charge is 0.227 e. The van der Waals surface area contributed by atoms with Crippen molar-refractivity contribution in [2.45, 2.75) is 26.8 Å². The maximum atomic E-state index is 12.7. The van der Waals surface area contributed by atoms with E-state index in [1.165, 1.54) is 0 Å². The van der Waals surface area contributed by atoms with Gasteiger partial charge in [-0.3, -0.25) is 9.59 Å². The number of benzene rings is 2. The minimum atomic E-state index is -0.392. The summed E-state index contributed by atoms with van der Waals surface area (Å²) in [6.07, 6.45) is 0.189. The number of oxazole rings is 1. The highest BCUT2D eigenvalue weighted by molar-refractivity contribution is 6.01. The van der Waals surface area contributed by atoms with E-state index in [2.05, 4.69) is 10.3 Å². The summed E-state index contributed by atoms with van der Waals surface area (Å²) in [5, 5.41) is 2.94. The molecule has 0 spiro atoms. The zero-order chi connectivity index (χ0) is 20.4. The van der Waals surface area contributed by atoms with Crippen LogP contribution in [0.1, 0.15) is 24.8 Å². The van der Waals surface area contributed by atoms with Gasteiger partial charge in [0.15, 0.2) is 11.5 Å². The first-order valence-corrected chi connectivity index (χ1v) is 9.71. The molecule has 1 atom stereocenters. The van der Waals surface area contributed by atoms with Crippen LogP contribution in [0, 0.1) is 12.8 Å². The van der Waals surface area contributed by atoms with Crippen LogP contribution in [0.25, 0.3) is 11.1 Å². The van der Waals surface area contributed by atoms with Crippen molar-refractivity contribution < 1.29 is 18.7 Å². The Bertz CT molecular complexity index is 1060. The molecule has 7 heteroatoms. The molecule has 0 unspecified atom stereocenters. The molecule has 0 saturated carbocycles. The molecular formula is C22H23N3O4. The molecule has 1 saturated heterocycles. The molecular weight excluding hydrogens is 370 g/mol. The van der Waals surface area contributed by atoms with Crippen LogP contribution in [-0.4, -0.2) is 29.9 Å². The van der Waals surface area contributed by atoms with Crippen molar-refractivity contribution in [1.29, 1.82) is 0 Å². The van der Waals surface area contributed by atoms with Crippen LogP contribution in [0.5, 0.6) is 5.75 Å². The Morgan fingerprint density at radius 3 is 2.97 bits per heavy atom. The van der Waals surface area contributed by atoms with Crippen LogP contribution in [-0.2, 0) is 16.1 Å². The number of carbonyl (C=O) groups is 2. The number of nitrogens with one attached hydrogen (secondary N) is 1. The first kappa shape index (κ1) is 19.0. The van der Waals surface area contributed by atoms with Crippen LogP contribution in [0.15, 0.2) is 46.9 Å². The van der Waals surface area contributed by atoms with Crippen molar-refractivity contribution in [3.63, 3.8) is 0 Å². The van der Waals surface area contributed by atoms with E-state index < -0.39 is 5.92 Å². The highest BCUT2D eigenvalue weighted by Gasteiger charge is 2.35. The number of para-hydroxylation sites is 1. The summed E-state index contributed by atoms with van der Waals surface area (Å²) in [4.78, 5) is 31.1. The van der Waals surface area contributed by atoms with Crippen LogP contribution in [0.4, 0.5) is 5.69 Å². The van der Waals surface area contributed by atoms with E-state index >= 15 is 0 Å². The quantitative estimate of drug-likeness (QED) is 0.695. The second kappa shape index (κ2) is 7.95. The maximum Gasteiger partial charge on any atom is 0.227 e. The third-order valence-electron chi connectivity index (χ3n) is 5.01. The van der Waals surface area contributed by atoms with E-state index in [4.69, 9.17) is 9.15 Å². The SMILES string of the molecule is CCOc1ccccc1CNC(=O)[C@H]1CC(=O)N(c2ccc3oc(C)nc3c2)C1. The van der Waals surface area contributed by atoms with Crippen molar-refractivity contribution in [2.24, 2.45) is 5.92 Å². The van der Waals surface area contributed by atoms with E-state index in [1.54, 1.807) is 17.9 Å². The third-order valence-corrected chi connectivity index (χ3v) is 5.01. The molecule has 29 heavy (non-hydrogen) atoms. The number of hydrogen-bond donors (Lipinski definition) is 1. The number of rotatable bonds is 6. The van der Waals surface area contributed by atoms with Crippen molar-refractivity contribution in [3.05, 3.63) is 53.9 Å². The lowest BCUT2D eigenvalue weighted by Crippen LogP contribution is -2.32. The molecule has 0 aliphatic carbocycles. The van der Waals surface area contributed by atoms with E-state index in [1.807, 2.05) is 43.3 Å². The molecule has 0 bridgehead atoms. The molecule has 2 heterocycles. The van der Waals surface area contributed by atoms with Gasteiger partial charge in [0, 0.05) is 37.7 Å². The summed E-state index contributed by atoms with van der Waals surface area (Å²) in [5.41, 5.74) is 3.02. The average molecular weight is 393 g/mol. The third kappa shape index (κ3) is 3.94. The molecule has 1 N–H and O–H groups in total. The molecule has 1 aliphatic rings. The number of aromatic nitrogens is 1. The van der Waals surface area contributed by atoms with Gasteiger partial charge in [0.1, 0.15) is 11.3 Å². The Kier molecular flexibility index (Phi) is 5.20. The average Bonchev–Trinajstić information content (AvgIpc) is 3.28. The first-order chi connectivity index (χ1) is 14.0. The number of fused-ring (bicyclic) bond motifs is 1. The molecule has 2 aromatic carbocycles. The topological polar surface area (TPSA) is 84.7 Å². The summed E-state index contributed by atoms with van der Waals surface area (Å²) in [6, 6.07) is 13.1. The number of hydrogen-bond acceptors (Lipinski definition) is 5. The fourth-order valence-electron chi connectivity index (χ4n) is 3.60. The van der Waals surface area contributed by atoms with E-state index in [0.717, 1.165) is 17.0 Å². The number of carbonyl (C=O) groups excluding carboxylic acids is 2. The van der Waals surface area contributed by atoms with Gasteiger partial charge in [-0.1, -0.05) is 18.2 Å². The molecule has 1 aliphatic heterocycles. The molecule has 1 fully saturated rings. The normalized spacial score (nSPS) is 16.4. The van der Waals surface area contributed by atoms with Gasteiger partial charge in [-0.15, -0.1) is 0 Å². The van der Waals surface area contributed by atoms with Gasteiger partial charge in [-0.2, -0.15) is 0 Å². The van der Waals surface area contributed by atoms with E-state index in [-0.39, 0.29) is 18.2 Å². The summed E-state index contributed by atoms with van der Waals surface area (Å²) in [7, 11) is 0. The summed E-state index contributed by atoms with van der Waals surface area (Å²) >= 11 is 0. The molecule has 7 nitrogen and oxygen atoms in total. The summed E-state index contributed by atoms with van der Waals surface area (Å²) in [6.45, 7) is 4.98. The lowest BCUT2D eigenvalue weighted by Gasteiger charge is -2.17. The molecule has 4 rings (SSSR count). The van der Waals surface area contributed by atoms with Gasteiger partial charge in [-0.25, -0.2) is 4.98 Å². The van der Waals surface area contributed by atoms with E-state index in [9.17, 15) is 9.59 Å². The zero-order valence-corrected chi connectivity index (χ0v) is 16.5. The highest BCUT2D eigenvalue weighted by Crippen LogP contribution is 2.28. The number of ether oxygens (including phenoxy) is 1. The first-order valence-electron chi connectivity index (χ1n) is 9.71. The summed E-state index contributed by atoms with van der Waals surface area (Å²) in [5.74, 6) is 0.742. The van der Waals surface area contributed by atoms with Crippen molar-refractivity contribution >= 4 is 28.6 Å². The van der Waals surface area contributed by atoms with Crippen molar-refractivity contribution in [3.8, 4) is 5.75 Å². The molecule has 150 valence electrons. The van der Waals surface area contributed by atoms with Gasteiger partial charge >= 0.3 is 0 Å². The van der Waals surface area contributed by atoms with Gasteiger partial charge in [0.2, 0.25) is 11.8 Å². The summed E-state index contributed by atoms with van der Waals surface area (Å²) < 4.78 is 11.1. The predicted molar refractivity (Wildman–Crippen MR) is 109 cm³/mol. The van der Waals surface area contributed by atoms with Gasteiger partial charge in [-0.05, 0) is 31.2 Å².